The summed E-state index contributed by atoms with van der Waals surface area (Å²) in [6.45, 7) is 0. The molecule has 16 heavy (non-hydrogen) atoms. The molecule has 0 radical (unpaired) electrons. The van der Waals surface area contributed by atoms with E-state index in [1.54, 1.807) is 12.1 Å². The topological polar surface area (TPSA) is 97.6 Å². The third kappa shape index (κ3) is 2.14. The Labute approximate surface area is 94.6 Å². The molecule has 1 heterocycles. The maximum atomic E-state index is 10.8. The van der Waals surface area contributed by atoms with Crippen LogP contribution >= 0.6 is 11.6 Å². The van der Waals surface area contributed by atoms with Crippen molar-refractivity contribution in [3.63, 3.8) is 0 Å². The van der Waals surface area contributed by atoms with Crippen LogP contribution in [0.4, 0.5) is 5.69 Å². The number of nitrogens with one attached hydrogen (secondary N) is 1. The number of aromatic amines is 1. The van der Waals surface area contributed by atoms with E-state index in [-0.39, 0.29) is 12.1 Å². The van der Waals surface area contributed by atoms with Gasteiger partial charge < -0.3 is 0 Å². The minimum atomic E-state index is -0.485. The quantitative estimate of drug-likeness (QED) is 0.644. The lowest BCUT2D eigenvalue weighted by Gasteiger charge is -2.00. The summed E-state index contributed by atoms with van der Waals surface area (Å²) < 4.78 is 0. The zero-order chi connectivity index (χ0) is 11.5. The zero-order valence-electron chi connectivity index (χ0n) is 7.92. The largest absolute Gasteiger partial charge is 0.274 e. The number of nitrogens with zero attached hydrogens (tertiary/aromatic N) is 4. The number of halogens is 1. The summed E-state index contributed by atoms with van der Waals surface area (Å²) in [5.41, 5.74) is 0.452. The molecule has 82 valence electrons. The number of nitro benzene ring substituents is 1. The molecule has 0 saturated heterocycles. The van der Waals surface area contributed by atoms with Crippen LogP contribution in [-0.4, -0.2) is 25.5 Å². The molecular weight excluding hydrogens is 234 g/mol. The standard InChI is InChI=1S/C8H6ClN5O2/c9-6-2-1-5(7(4-6)14(15)16)3-8-10-12-13-11-8/h1-2,4H,3H2,(H,10,11,12,13). The second kappa shape index (κ2) is 4.23. The molecule has 0 spiro atoms. The van der Waals surface area contributed by atoms with Gasteiger partial charge in [0.25, 0.3) is 5.69 Å². The van der Waals surface area contributed by atoms with Crippen molar-refractivity contribution >= 4 is 17.3 Å². The van der Waals surface area contributed by atoms with Crippen LogP contribution < -0.4 is 0 Å². The second-order valence-corrected chi connectivity index (χ2v) is 3.47. The van der Waals surface area contributed by atoms with Gasteiger partial charge in [-0.05, 0) is 6.07 Å². The summed E-state index contributed by atoms with van der Waals surface area (Å²) in [7, 11) is 0. The number of nitro groups is 1. The average molecular weight is 240 g/mol. The highest BCUT2D eigenvalue weighted by atomic mass is 35.5. The van der Waals surface area contributed by atoms with Crippen molar-refractivity contribution in [3.8, 4) is 0 Å². The first-order valence-electron chi connectivity index (χ1n) is 4.32. The van der Waals surface area contributed by atoms with Crippen LogP contribution in [0.5, 0.6) is 0 Å². The molecule has 2 aromatic rings. The van der Waals surface area contributed by atoms with E-state index < -0.39 is 4.92 Å². The van der Waals surface area contributed by atoms with E-state index in [2.05, 4.69) is 20.6 Å². The van der Waals surface area contributed by atoms with Gasteiger partial charge in [0, 0.05) is 23.1 Å². The van der Waals surface area contributed by atoms with Crippen molar-refractivity contribution < 1.29 is 4.92 Å². The van der Waals surface area contributed by atoms with Gasteiger partial charge in [0.05, 0.1) is 4.92 Å². The molecule has 0 bridgehead atoms. The van der Waals surface area contributed by atoms with E-state index in [0.717, 1.165) is 0 Å². The molecule has 0 unspecified atom stereocenters. The summed E-state index contributed by atoms with van der Waals surface area (Å²) in [4.78, 5) is 10.3. The third-order valence-corrected chi connectivity index (χ3v) is 2.22. The van der Waals surface area contributed by atoms with Gasteiger partial charge in [0.2, 0.25) is 0 Å². The highest BCUT2D eigenvalue weighted by Gasteiger charge is 2.15. The Morgan fingerprint density at radius 2 is 2.31 bits per heavy atom. The summed E-state index contributed by atoms with van der Waals surface area (Å²) >= 11 is 5.69. The van der Waals surface area contributed by atoms with Crippen molar-refractivity contribution in [1.82, 2.24) is 20.6 Å². The van der Waals surface area contributed by atoms with Gasteiger partial charge in [-0.3, -0.25) is 10.1 Å². The Bertz CT molecular complexity index is 513. The lowest BCUT2D eigenvalue weighted by Crippen LogP contribution is -1.98. The van der Waals surface area contributed by atoms with Crippen molar-refractivity contribution in [3.05, 3.63) is 44.7 Å². The van der Waals surface area contributed by atoms with Gasteiger partial charge in [-0.25, -0.2) is 0 Å². The normalized spacial score (nSPS) is 10.3. The Balaban J connectivity index is 2.36. The molecule has 8 heteroatoms. The molecule has 7 nitrogen and oxygen atoms in total. The highest BCUT2D eigenvalue weighted by Crippen LogP contribution is 2.24. The maximum Gasteiger partial charge on any atom is 0.274 e. The van der Waals surface area contributed by atoms with Gasteiger partial charge in [0.1, 0.15) is 0 Å². The zero-order valence-corrected chi connectivity index (χ0v) is 8.68. The predicted molar refractivity (Wildman–Crippen MR) is 55.1 cm³/mol. The summed E-state index contributed by atoms with van der Waals surface area (Å²) in [5.74, 6) is 0.394. The highest BCUT2D eigenvalue weighted by molar-refractivity contribution is 6.30. The van der Waals surface area contributed by atoms with E-state index in [9.17, 15) is 10.1 Å². The number of benzene rings is 1. The van der Waals surface area contributed by atoms with Crippen molar-refractivity contribution in [2.75, 3.05) is 0 Å². The molecule has 0 saturated carbocycles. The first-order chi connectivity index (χ1) is 7.66. The van der Waals surface area contributed by atoms with E-state index in [1.807, 2.05) is 0 Å². The van der Waals surface area contributed by atoms with Crippen LogP contribution in [0.25, 0.3) is 0 Å². The Morgan fingerprint density at radius 3 is 2.94 bits per heavy atom. The minimum absolute atomic E-state index is 0.0442. The lowest BCUT2D eigenvalue weighted by atomic mass is 10.1. The predicted octanol–water partition coefficient (Wildman–Crippen LogP) is 1.35. The van der Waals surface area contributed by atoms with Crippen molar-refractivity contribution in [1.29, 1.82) is 0 Å². The van der Waals surface area contributed by atoms with Crippen LogP contribution in [-0.2, 0) is 6.42 Å². The molecule has 1 aromatic carbocycles. The van der Waals surface area contributed by atoms with Crippen LogP contribution in [0.15, 0.2) is 18.2 Å². The van der Waals surface area contributed by atoms with E-state index in [4.69, 9.17) is 11.6 Å². The molecule has 1 aromatic heterocycles. The summed E-state index contributed by atoms with van der Waals surface area (Å²) in [5, 5.41) is 24.2. The minimum Gasteiger partial charge on any atom is -0.258 e. The number of H-pyrrole nitrogens is 1. The Kier molecular flexibility index (Phi) is 2.78. The molecule has 0 aliphatic heterocycles. The molecule has 0 atom stereocenters. The fourth-order valence-corrected chi connectivity index (χ4v) is 1.45. The number of aromatic nitrogens is 4. The number of hydrogen-bond donors (Lipinski definition) is 1. The van der Waals surface area contributed by atoms with Gasteiger partial charge in [0.15, 0.2) is 5.82 Å². The smallest absolute Gasteiger partial charge is 0.258 e. The number of tetrazole rings is 1. The van der Waals surface area contributed by atoms with E-state index >= 15 is 0 Å². The first-order valence-corrected chi connectivity index (χ1v) is 4.70. The van der Waals surface area contributed by atoms with Crippen LogP contribution in [0.1, 0.15) is 11.4 Å². The molecule has 0 fully saturated rings. The third-order valence-electron chi connectivity index (χ3n) is 1.98. The van der Waals surface area contributed by atoms with Crippen LogP contribution in [0, 0.1) is 10.1 Å². The maximum absolute atomic E-state index is 10.8. The fourth-order valence-electron chi connectivity index (χ4n) is 1.28. The van der Waals surface area contributed by atoms with E-state index in [1.165, 1.54) is 6.07 Å². The van der Waals surface area contributed by atoms with Crippen molar-refractivity contribution in [2.24, 2.45) is 0 Å². The van der Waals surface area contributed by atoms with Crippen LogP contribution in [0.2, 0.25) is 5.02 Å². The molecule has 0 amide bonds. The molecule has 2 rings (SSSR count). The molecule has 1 N–H and O–H groups in total. The monoisotopic (exact) mass is 239 g/mol. The Morgan fingerprint density at radius 1 is 1.50 bits per heavy atom. The second-order valence-electron chi connectivity index (χ2n) is 3.03. The van der Waals surface area contributed by atoms with E-state index in [0.29, 0.717) is 16.4 Å². The summed E-state index contributed by atoms with van der Waals surface area (Å²) in [6, 6.07) is 4.47. The molecule has 0 aliphatic carbocycles. The lowest BCUT2D eigenvalue weighted by molar-refractivity contribution is -0.385. The Hall–Kier alpha value is -2.02. The molecular formula is C8H6ClN5O2. The average Bonchev–Trinajstić information content (AvgIpc) is 2.73. The molecule has 0 aliphatic rings. The van der Waals surface area contributed by atoms with Gasteiger partial charge in [-0.1, -0.05) is 22.9 Å². The summed E-state index contributed by atoms with van der Waals surface area (Å²) in [6.07, 6.45) is 0.240. The number of hydrogen-bond acceptors (Lipinski definition) is 5. The van der Waals surface area contributed by atoms with Crippen molar-refractivity contribution in [2.45, 2.75) is 6.42 Å². The van der Waals surface area contributed by atoms with Gasteiger partial charge >= 0.3 is 0 Å². The number of rotatable bonds is 3. The van der Waals surface area contributed by atoms with Gasteiger partial charge in [-0.2, -0.15) is 5.21 Å². The SMILES string of the molecule is O=[N+]([O-])c1cc(Cl)ccc1Cc1nn[nH]n1. The first kappa shape index (κ1) is 10.5. The van der Waals surface area contributed by atoms with Gasteiger partial charge in [-0.15, -0.1) is 10.2 Å². The fraction of sp³-hybridized carbons (Fsp3) is 0.125. The van der Waals surface area contributed by atoms with Crippen LogP contribution in [0.3, 0.4) is 0 Å².